The minimum atomic E-state index is 0.0155. The van der Waals surface area contributed by atoms with Crippen LogP contribution < -0.4 is 10.6 Å². The van der Waals surface area contributed by atoms with Gasteiger partial charge in [-0.1, -0.05) is 33.3 Å². The van der Waals surface area contributed by atoms with Crippen molar-refractivity contribution < 1.29 is 4.79 Å². The number of nitrogens with zero attached hydrogens (tertiary/aromatic N) is 1. The van der Waals surface area contributed by atoms with Crippen molar-refractivity contribution >= 4 is 11.6 Å². The minimum absolute atomic E-state index is 0.0155. The Morgan fingerprint density at radius 1 is 1.04 bits per heavy atom. The summed E-state index contributed by atoms with van der Waals surface area (Å²) >= 11 is 0. The predicted octanol–water partition coefficient (Wildman–Crippen LogP) is 3.75. The SMILES string of the molecule is CCCCN(CC)CCCNC(=O)c1cccc(NCCC)c1. The maximum absolute atomic E-state index is 12.2. The van der Waals surface area contributed by atoms with E-state index in [2.05, 4.69) is 36.3 Å². The van der Waals surface area contributed by atoms with E-state index in [1.165, 1.54) is 12.8 Å². The van der Waals surface area contributed by atoms with Crippen LogP contribution in [0.5, 0.6) is 0 Å². The van der Waals surface area contributed by atoms with Crippen LogP contribution >= 0.6 is 0 Å². The zero-order valence-electron chi connectivity index (χ0n) is 15.0. The summed E-state index contributed by atoms with van der Waals surface area (Å²) in [5, 5.41) is 6.34. The highest BCUT2D eigenvalue weighted by molar-refractivity contribution is 5.95. The van der Waals surface area contributed by atoms with E-state index in [-0.39, 0.29) is 5.91 Å². The van der Waals surface area contributed by atoms with Crippen LogP contribution in [0, 0.1) is 0 Å². The Morgan fingerprint density at radius 2 is 1.83 bits per heavy atom. The van der Waals surface area contributed by atoms with Gasteiger partial charge in [0.25, 0.3) is 5.91 Å². The molecule has 1 rings (SSSR count). The second-order valence-corrected chi connectivity index (χ2v) is 5.90. The van der Waals surface area contributed by atoms with Crippen LogP contribution in [-0.4, -0.2) is 43.5 Å². The highest BCUT2D eigenvalue weighted by atomic mass is 16.1. The molecule has 0 spiro atoms. The van der Waals surface area contributed by atoms with E-state index in [1.54, 1.807) is 0 Å². The third kappa shape index (κ3) is 8.03. The number of nitrogens with one attached hydrogen (secondary N) is 2. The van der Waals surface area contributed by atoms with Gasteiger partial charge in [0.05, 0.1) is 0 Å². The van der Waals surface area contributed by atoms with Crippen molar-refractivity contribution in [3.05, 3.63) is 29.8 Å². The number of hydrogen-bond donors (Lipinski definition) is 2. The van der Waals surface area contributed by atoms with Gasteiger partial charge in [0.2, 0.25) is 0 Å². The molecule has 0 radical (unpaired) electrons. The van der Waals surface area contributed by atoms with Gasteiger partial charge >= 0.3 is 0 Å². The van der Waals surface area contributed by atoms with E-state index < -0.39 is 0 Å². The number of rotatable bonds is 12. The van der Waals surface area contributed by atoms with Crippen molar-refractivity contribution in [2.75, 3.05) is 38.0 Å². The lowest BCUT2D eigenvalue weighted by Gasteiger charge is -2.19. The standard InChI is InChI=1S/C19H33N3O/c1-4-7-14-22(6-3)15-9-13-21-19(23)17-10-8-11-18(16-17)20-12-5-2/h8,10-11,16,20H,4-7,9,12-15H2,1-3H3,(H,21,23). The smallest absolute Gasteiger partial charge is 0.251 e. The van der Waals surface area contributed by atoms with E-state index in [0.717, 1.165) is 56.8 Å². The first-order valence-corrected chi connectivity index (χ1v) is 9.05. The molecule has 23 heavy (non-hydrogen) atoms. The summed E-state index contributed by atoms with van der Waals surface area (Å²) in [7, 11) is 0. The van der Waals surface area contributed by atoms with Crippen molar-refractivity contribution in [3.63, 3.8) is 0 Å². The van der Waals surface area contributed by atoms with Crippen molar-refractivity contribution in [2.45, 2.75) is 46.5 Å². The summed E-state index contributed by atoms with van der Waals surface area (Å²) in [6.45, 7) is 11.5. The zero-order chi connectivity index (χ0) is 16.9. The fourth-order valence-electron chi connectivity index (χ4n) is 2.46. The molecule has 0 bridgehead atoms. The second kappa shape index (κ2) is 11.9. The first-order valence-electron chi connectivity index (χ1n) is 9.05. The first-order chi connectivity index (χ1) is 11.2. The van der Waals surface area contributed by atoms with Crippen LogP contribution in [0.15, 0.2) is 24.3 Å². The van der Waals surface area contributed by atoms with Gasteiger partial charge in [0.15, 0.2) is 0 Å². The third-order valence-corrected chi connectivity index (χ3v) is 3.92. The molecule has 0 unspecified atom stereocenters. The van der Waals surface area contributed by atoms with Crippen molar-refractivity contribution in [1.82, 2.24) is 10.2 Å². The molecule has 4 nitrogen and oxygen atoms in total. The van der Waals surface area contributed by atoms with Gasteiger partial charge in [-0.25, -0.2) is 0 Å². The quantitative estimate of drug-likeness (QED) is 0.577. The lowest BCUT2D eigenvalue weighted by atomic mass is 10.2. The summed E-state index contributed by atoms with van der Waals surface area (Å²) in [5.74, 6) is 0.0155. The van der Waals surface area contributed by atoms with E-state index >= 15 is 0 Å². The van der Waals surface area contributed by atoms with Crippen LogP contribution in [0.25, 0.3) is 0 Å². The number of anilines is 1. The molecule has 4 heteroatoms. The van der Waals surface area contributed by atoms with Gasteiger partial charge in [-0.2, -0.15) is 0 Å². The largest absolute Gasteiger partial charge is 0.385 e. The lowest BCUT2D eigenvalue weighted by Crippen LogP contribution is -2.30. The molecule has 0 aliphatic rings. The van der Waals surface area contributed by atoms with Gasteiger partial charge in [-0.05, 0) is 57.1 Å². The molecule has 2 N–H and O–H groups in total. The summed E-state index contributed by atoms with van der Waals surface area (Å²) in [6.07, 6.45) is 4.55. The molecular formula is C19H33N3O. The second-order valence-electron chi connectivity index (χ2n) is 5.90. The average molecular weight is 319 g/mol. The van der Waals surface area contributed by atoms with Crippen molar-refractivity contribution in [3.8, 4) is 0 Å². The maximum atomic E-state index is 12.2. The number of unbranched alkanes of at least 4 members (excludes halogenated alkanes) is 1. The van der Waals surface area contributed by atoms with Gasteiger partial charge in [-0.15, -0.1) is 0 Å². The normalized spacial score (nSPS) is 10.8. The van der Waals surface area contributed by atoms with Crippen LogP contribution in [0.4, 0.5) is 5.69 Å². The van der Waals surface area contributed by atoms with Gasteiger partial charge in [-0.3, -0.25) is 4.79 Å². The number of amides is 1. The van der Waals surface area contributed by atoms with Crippen LogP contribution in [0.2, 0.25) is 0 Å². The number of hydrogen-bond acceptors (Lipinski definition) is 3. The number of carbonyl (C=O) groups is 1. The van der Waals surface area contributed by atoms with Crippen LogP contribution in [0.1, 0.15) is 56.8 Å². The number of benzene rings is 1. The maximum Gasteiger partial charge on any atom is 0.251 e. The minimum Gasteiger partial charge on any atom is -0.385 e. The molecule has 0 saturated carbocycles. The monoisotopic (exact) mass is 319 g/mol. The summed E-state index contributed by atoms with van der Waals surface area (Å²) in [6, 6.07) is 7.71. The molecule has 130 valence electrons. The van der Waals surface area contributed by atoms with Crippen molar-refractivity contribution in [1.29, 1.82) is 0 Å². The fraction of sp³-hybridized carbons (Fsp3) is 0.632. The Bertz CT molecular complexity index is 448. The molecule has 0 atom stereocenters. The number of carbonyl (C=O) groups excluding carboxylic acids is 1. The Hall–Kier alpha value is -1.55. The molecule has 0 heterocycles. The van der Waals surface area contributed by atoms with Crippen LogP contribution in [-0.2, 0) is 0 Å². The van der Waals surface area contributed by atoms with Crippen molar-refractivity contribution in [2.24, 2.45) is 0 Å². The average Bonchev–Trinajstić information content (AvgIpc) is 2.59. The third-order valence-electron chi connectivity index (χ3n) is 3.92. The van der Waals surface area contributed by atoms with Gasteiger partial charge < -0.3 is 15.5 Å². The van der Waals surface area contributed by atoms with Gasteiger partial charge in [0.1, 0.15) is 0 Å². The Balaban J connectivity index is 2.33. The molecule has 0 aromatic heterocycles. The van der Waals surface area contributed by atoms with E-state index in [1.807, 2.05) is 24.3 Å². The molecule has 0 aliphatic heterocycles. The Labute approximate surface area is 141 Å². The summed E-state index contributed by atoms with van der Waals surface area (Å²) in [4.78, 5) is 14.7. The Morgan fingerprint density at radius 3 is 2.52 bits per heavy atom. The first kappa shape index (κ1) is 19.5. The predicted molar refractivity (Wildman–Crippen MR) is 99.2 cm³/mol. The van der Waals surface area contributed by atoms with E-state index in [4.69, 9.17) is 0 Å². The fourth-order valence-corrected chi connectivity index (χ4v) is 2.46. The Kier molecular flexibility index (Phi) is 10.1. The highest BCUT2D eigenvalue weighted by Crippen LogP contribution is 2.10. The molecule has 0 saturated heterocycles. The summed E-state index contributed by atoms with van der Waals surface area (Å²) < 4.78 is 0. The molecule has 1 amide bonds. The van der Waals surface area contributed by atoms with Gasteiger partial charge in [0, 0.05) is 24.3 Å². The molecule has 0 fully saturated rings. The van der Waals surface area contributed by atoms with E-state index in [9.17, 15) is 4.79 Å². The van der Waals surface area contributed by atoms with E-state index in [0.29, 0.717) is 0 Å². The highest BCUT2D eigenvalue weighted by Gasteiger charge is 2.06. The molecule has 1 aromatic rings. The lowest BCUT2D eigenvalue weighted by molar-refractivity contribution is 0.0951. The molecule has 0 aliphatic carbocycles. The van der Waals surface area contributed by atoms with Crippen LogP contribution in [0.3, 0.4) is 0 Å². The molecule has 1 aromatic carbocycles. The summed E-state index contributed by atoms with van der Waals surface area (Å²) in [5.41, 5.74) is 1.74. The molecular weight excluding hydrogens is 286 g/mol. The zero-order valence-corrected chi connectivity index (χ0v) is 15.0. The topological polar surface area (TPSA) is 44.4 Å².